The maximum Gasteiger partial charge on any atom is 0.315 e. The van der Waals surface area contributed by atoms with E-state index in [0.29, 0.717) is 0 Å². The molecule has 1 atom stereocenters. The molecule has 1 aromatic rings. The molecule has 1 unspecified atom stereocenters. The Balaban J connectivity index is 2.33. The van der Waals surface area contributed by atoms with Crippen molar-refractivity contribution in [2.24, 2.45) is 0 Å². The molecule has 0 aliphatic heterocycles. The van der Waals surface area contributed by atoms with Crippen LogP contribution in [-0.4, -0.2) is 12.6 Å². The van der Waals surface area contributed by atoms with Crippen molar-refractivity contribution in [1.82, 2.24) is 10.6 Å². The van der Waals surface area contributed by atoms with Gasteiger partial charge >= 0.3 is 6.03 Å². The standard InChI is InChI=1S/C10H16N2OS/c1-3-5-11-10(13)12-8(2)9-4-6-14-7-9/h4,6-8H,3,5H2,1-2H3,(H2,11,12,13). The Hall–Kier alpha value is -1.03. The van der Waals surface area contributed by atoms with Crippen LogP contribution in [0.5, 0.6) is 0 Å². The number of nitrogens with one attached hydrogen (secondary N) is 2. The van der Waals surface area contributed by atoms with E-state index in [-0.39, 0.29) is 12.1 Å². The largest absolute Gasteiger partial charge is 0.338 e. The van der Waals surface area contributed by atoms with Gasteiger partial charge in [-0.3, -0.25) is 0 Å². The van der Waals surface area contributed by atoms with Crippen LogP contribution >= 0.6 is 11.3 Å². The van der Waals surface area contributed by atoms with Gasteiger partial charge in [-0.05, 0) is 35.7 Å². The van der Waals surface area contributed by atoms with Gasteiger partial charge in [0.15, 0.2) is 0 Å². The molecular weight excluding hydrogens is 196 g/mol. The van der Waals surface area contributed by atoms with Crippen LogP contribution in [0.3, 0.4) is 0 Å². The highest BCUT2D eigenvalue weighted by Crippen LogP contribution is 2.14. The average molecular weight is 212 g/mol. The maximum absolute atomic E-state index is 11.3. The van der Waals surface area contributed by atoms with Crippen molar-refractivity contribution in [2.45, 2.75) is 26.3 Å². The summed E-state index contributed by atoms with van der Waals surface area (Å²) in [5.74, 6) is 0. The third kappa shape index (κ3) is 3.38. The molecule has 0 fully saturated rings. The van der Waals surface area contributed by atoms with Crippen LogP contribution in [0.2, 0.25) is 0 Å². The molecule has 0 aliphatic rings. The first kappa shape index (κ1) is 11.0. The molecule has 1 aromatic heterocycles. The molecule has 2 amide bonds. The summed E-state index contributed by atoms with van der Waals surface area (Å²) >= 11 is 1.64. The van der Waals surface area contributed by atoms with Gasteiger partial charge in [0.1, 0.15) is 0 Å². The molecule has 14 heavy (non-hydrogen) atoms. The lowest BCUT2D eigenvalue weighted by molar-refractivity contribution is 0.238. The van der Waals surface area contributed by atoms with Gasteiger partial charge in [-0.2, -0.15) is 11.3 Å². The SMILES string of the molecule is CCCNC(=O)NC(C)c1ccsc1. The topological polar surface area (TPSA) is 41.1 Å². The quantitative estimate of drug-likeness (QED) is 0.791. The van der Waals surface area contributed by atoms with Gasteiger partial charge in [-0.1, -0.05) is 6.92 Å². The highest BCUT2D eigenvalue weighted by molar-refractivity contribution is 7.07. The second kappa shape index (κ2) is 5.65. The summed E-state index contributed by atoms with van der Waals surface area (Å²) in [5.41, 5.74) is 1.15. The Bertz CT molecular complexity index is 272. The maximum atomic E-state index is 11.3. The van der Waals surface area contributed by atoms with E-state index in [0.717, 1.165) is 18.5 Å². The van der Waals surface area contributed by atoms with Gasteiger partial charge in [0.05, 0.1) is 6.04 Å². The number of hydrogen-bond donors (Lipinski definition) is 2. The van der Waals surface area contributed by atoms with E-state index in [4.69, 9.17) is 0 Å². The summed E-state index contributed by atoms with van der Waals surface area (Å²) in [6, 6.07) is 2.01. The zero-order valence-corrected chi connectivity index (χ0v) is 9.36. The predicted molar refractivity (Wildman–Crippen MR) is 59.6 cm³/mol. The van der Waals surface area contributed by atoms with Gasteiger partial charge in [0.25, 0.3) is 0 Å². The van der Waals surface area contributed by atoms with Gasteiger partial charge in [0.2, 0.25) is 0 Å². The van der Waals surface area contributed by atoms with Gasteiger partial charge in [-0.15, -0.1) is 0 Å². The lowest BCUT2D eigenvalue weighted by atomic mass is 10.2. The minimum absolute atomic E-state index is 0.0816. The van der Waals surface area contributed by atoms with Crippen molar-refractivity contribution >= 4 is 17.4 Å². The van der Waals surface area contributed by atoms with Crippen LogP contribution in [0.15, 0.2) is 16.8 Å². The van der Waals surface area contributed by atoms with E-state index < -0.39 is 0 Å². The Morgan fingerprint density at radius 3 is 3.00 bits per heavy atom. The van der Waals surface area contributed by atoms with E-state index in [1.807, 2.05) is 30.7 Å². The minimum Gasteiger partial charge on any atom is -0.338 e. The number of urea groups is 1. The summed E-state index contributed by atoms with van der Waals surface area (Å²) in [7, 11) is 0. The van der Waals surface area contributed by atoms with Crippen LogP contribution in [0.1, 0.15) is 31.9 Å². The molecule has 4 heteroatoms. The summed E-state index contributed by atoms with van der Waals surface area (Å²) in [6.07, 6.45) is 0.959. The Morgan fingerprint density at radius 1 is 1.64 bits per heavy atom. The van der Waals surface area contributed by atoms with Crippen LogP contribution in [0, 0.1) is 0 Å². The second-order valence-corrected chi connectivity index (χ2v) is 3.96. The first-order valence-corrected chi connectivity index (χ1v) is 5.74. The van der Waals surface area contributed by atoms with Crippen LogP contribution in [-0.2, 0) is 0 Å². The number of rotatable bonds is 4. The number of carbonyl (C=O) groups is 1. The fourth-order valence-electron chi connectivity index (χ4n) is 1.09. The lowest BCUT2D eigenvalue weighted by Crippen LogP contribution is -2.37. The van der Waals surface area contributed by atoms with E-state index in [2.05, 4.69) is 10.6 Å². The first-order valence-electron chi connectivity index (χ1n) is 4.80. The fraction of sp³-hybridized carbons (Fsp3) is 0.500. The average Bonchev–Trinajstić information content (AvgIpc) is 2.67. The van der Waals surface area contributed by atoms with Gasteiger partial charge in [-0.25, -0.2) is 4.79 Å². The molecule has 2 N–H and O–H groups in total. The van der Waals surface area contributed by atoms with Crippen molar-refractivity contribution in [3.63, 3.8) is 0 Å². The Kier molecular flexibility index (Phi) is 4.46. The molecule has 3 nitrogen and oxygen atoms in total. The van der Waals surface area contributed by atoms with Crippen molar-refractivity contribution in [2.75, 3.05) is 6.54 Å². The lowest BCUT2D eigenvalue weighted by Gasteiger charge is -2.12. The minimum atomic E-state index is -0.0921. The number of carbonyl (C=O) groups excluding carboxylic acids is 1. The Labute approximate surface area is 88.5 Å². The van der Waals surface area contributed by atoms with E-state index in [1.165, 1.54) is 0 Å². The summed E-state index contributed by atoms with van der Waals surface area (Å²) in [4.78, 5) is 11.3. The van der Waals surface area contributed by atoms with Crippen molar-refractivity contribution in [3.05, 3.63) is 22.4 Å². The van der Waals surface area contributed by atoms with Gasteiger partial charge < -0.3 is 10.6 Å². The monoisotopic (exact) mass is 212 g/mol. The molecule has 0 spiro atoms. The molecule has 0 radical (unpaired) electrons. The zero-order valence-electron chi connectivity index (χ0n) is 8.54. The highest BCUT2D eigenvalue weighted by Gasteiger charge is 2.08. The molecule has 1 rings (SSSR count). The second-order valence-electron chi connectivity index (χ2n) is 3.18. The van der Waals surface area contributed by atoms with Crippen molar-refractivity contribution in [3.8, 4) is 0 Å². The van der Waals surface area contributed by atoms with E-state index in [9.17, 15) is 4.79 Å². The van der Waals surface area contributed by atoms with Crippen LogP contribution in [0.25, 0.3) is 0 Å². The molecular formula is C10H16N2OS. The number of hydrogen-bond acceptors (Lipinski definition) is 2. The number of amides is 2. The third-order valence-corrected chi connectivity index (χ3v) is 2.63. The van der Waals surface area contributed by atoms with Crippen LogP contribution < -0.4 is 10.6 Å². The van der Waals surface area contributed by atoms with E-state index >= 15 is 0 Å². The molecule has 0 saturated heterocycles. The zero-order chi connectivity index (χ0) is 10.4. The van der Waals surface area contributed by atoms with Gasteiger partial charge in [0, 0.05) is 6.54 Å². The molecule has 78 valence electrons. The summed E-state index contributed by atoms with van der Waals surface area (Å²) in [5, 5.41) is 9.71. The third-order valence-electron chi connectivity index (χ3n) is 1.93. The molecule has 0 saturated carbocycles. The van der Waals surface area contributed by atoms with E-state index in [1.54, 1.807) is 11.3 Å². The predicted octanol–water partition coefficient (Wildman–Crippen LogP) is 2.52. The molecule has 0 aliphatic carbocycles. The molecule has 0 aromatic carbocycles. The van der Waals surface area contributed by atoms with Crippen molar-refractivity contribution in [1.29, 1.82) is 0 Å². The normalized spacial score (nSPS) is 12.1. The highest BCUT2D eigenvalue weighted by atomic mass is 32.1. The molecule has 1 heterocycles. The summed E-state index contributed by atoms with van der Waals surface area (Å²) < 4.78 is 0. The molecule has 0 bridgehead atoms. The van der Waals surface area contributed by atoms with Crippen LogP contribution in [0.4, 0.5) is 4.79 Å². The number of thiophene rings is 1. The summed E-state index contributed by atoms with van der Waals surface area (Å²) in [6.45, 7) is 4.73. The smallest absolute Gasteiger partial charge is 0.315 e. The fourth-order valence-corrected chi connectivity index (χ4v) is 1.85. The Morgan fingerprint density at radius 2 is 2.43 bits per heavy atom. The first-order chi connectivity index (χ1) is 6.74. The van der Waals surface area contributed by atoms with Crippen molar-refractivity contribution < 1.29 is 4.79 Å².